The fourth-order valence-corrected chi connectivity index (χ4v) is 4.10. The van der Waals surface area contributed by atoms with Gasteiger partial charge in [-0.25, -0.2) is 14.8 Å². The molecule has 6 N–H and O–H groups in total. The van der Waals surface area contributed by atoms with E-state index < -0.39 is 29.2 Å². The van der Waals surface area contributed by atoms with Gasteiger partial charge in [0, 0.05) is 38.1 Å². The molecule has 2 aromatic rings. The number of hydrogen-bond donors (Lipinski definition) is 4. The molecule has 2 amide bonds. The van der Waals surface area contributed by atoms with E-state index in [1.165, 1.54) is 18.7 Å². The van der Waals surface area contributed by atoms with Crippen LogP contribution in [-0.4, -0.2) is 74.7 Å². The second-order valence-electron chi connectivity index (χ2n) is 11.8. The number of fused-ring (bicyclic) bond motifs is 1. The maximum absolute atomic E-state index is 13.2. The summed E-state index contributed by atoms with van der Waals surface area (Å²) in [6.07, 6.45) is 5.63. The zero-order chi connectivity index (χ0) is 31.8. The van der Waals surface area contributed by atoms with Crippen molar-refractivity contribution in [2.45, 2.75) is 71.7 Å². The van der Waals surface area contributed by atoms with Gasteiger partial charge in [0.2, 0.25) is 5.95 Å². The highest BCUT2D eigenvalue weighted by Gasteiger charge is 2.30. The van der Waals surface area contributed by atoms with Crippen molar-refractivity contribution in [3.05, 3.63) is 47.6 Å². The first-order valence-electron chi connectivity index (χ1n) is 13.8. The number of carbonyl (C=O) groups excluding carboxylic acids is 2. The lowest BCUT2D eigenvalue weighted by Gasteiger charge is -2.26. The number of nitrogens with zero attached hydrogens (tertiary/aromatic N) is 7. The van der Waals surface area contributed by atoms with Crippen LogP contribution in [-0.2, 0) is 16.1 Å². The number of amides is 2. The first kappa shape index (κ1) is 32.6. The normalized spacial score (nSPS) is 16.6. The molecule has 0 bridgehead atoms. The van der Waals surface area contributed by atoms with Crippen LogP contribution in [0.1, 0.15) is 65.1 Å². The van der Waals surface area contributed by atoms with Gasteiger partial charge in [0.15, 0.2) is 11.5 Å². The lowest BCUT2D eigenvalue weighted by Crippen LogP contribution is -2.38. The molecule has 14 heteroatoms. The summed E-state index contributed by atoms with van der Waals surface area (Å²) in [6.45, 7) is 11.7. The molecule has 1 aromatic carbocycles. The third kappa shape index (κ3) is 9.58. The number of ether oxygens (including phenoxy) is 1. The second kappa shape index (κ2) is 13.9. The van der Waals surface area contributed by atoms with E-state index in [4.69, 9.17) is 16.3 Å². The number of aromatic nitrogens is 3. The largest absolute Gasteiger partial charge is 0.444 e. The van der Waals surface area contributed by atoms with Crippen LogP contribution in [0.4, 0.5) is 10.7 Å². The molecule has 1 aromatic heterocycles. The third-order valence-corrected chi connectivity index (χ3v) is 6.00. The number of anilines is 1. The average Bonchev–Trinajstić information content (AvgIpc) is 3.11. The number of hydrazone groups is 1. The minimum absolute atomic E-state index is 0.00873. The predicted molar refractivity (Wildman–Crippen MR) is 168 cm³/mol. The van der Waals surface area contributed by atoms with Crippen molar-refractivity contribution < 1.29 is 14.3 Å². The fraction of sp³-hybridized carbons (Fsp3) is 0.448. The van der Waals surface area contributed by atoms with Crippen LogP contribution in [0, 0.1) is 0 Å². The minimum Gasteiger partial charge on any atom is -0.444 e. The van der Waals surface area contributed by atoms with E-state index in [1.54, 1.807) is 18.2 Å². The molecule has 1 unspecified atom stereocenters. The standard InChI is InChI=1S/C29H41N11O3/c1-28(2,3)35-15-23(39-31)25(41)37-22-10-11-40(27(42)43-29(4,5)6)16-19-12-18(8-9-21(19)22)24-33-17-34-26(38-24)36-20(13-30)14-32-7/h8-9,12-15,17,22H,10-11,16,30-31H2,1-7H3,(H,37,41)(H,33,34,36,38). The van der Waals surface area contributed by atoms with Crippen LogP contribution in [0.15, 0.2) is 51.5 Å². The Morgan fingerprint density at radius 3 is 2.51 bits per heavy atom. The summed E-state index contributed by atoms with van der Waals surface area (Å²) in [7, 11) is 1.62. The number of nitrogens with two attached hydrogens (primary N) is 2. The van der Waals surface area contributed by atoms with Gasteiger partial charge in [-0.3, -0.25) is 14.8 Å². The first-order valence-corrected chi connectivity index (χ1v) is 13.8. The maximum atomic E-state index is 13.2. The molecular formula is C29H41N11O3. The molecule has 0 radical (unpaired) electrons. The highest BCUT2D eigenvalue weighted by molar-refractivity contribution is 6.60. The Balaban J connectivity index is 1.99. The minimum atomic E-state index is -0.672. The monoisotopic (exact) mass is 591 g/mol. The smallest absolute Gasteiger partial charge is 0.410 e. The summed E-state index contributed by atoms with van der Waals surface area (Å²) in [5.74, 6) is 5.73. The van der Waals surface area contributed by atoms with Crippen LogP contribution in [0.25, 0.3) is 11.4 Å². The number of carbonyl (C=O) groups is 2. The van der Waals surface area contributed by atoms with Crippen molar-refractivity contribution >= 4 is 36.1 Å². The molecule has 0 saturated carbocycles. The Hall–Kier alpha value is -4.88. The summed E-state index contributed by atoms with van der Waals surface area (Å²) in [5, 5.41) is 9.65. The molecule has 0 aliphatic carbocycles. The lowest BCUT2D eigenvalue weighted by atomic mass is 9.96. The van der Waals surface area contributed by atoms with E-state index >= 15 is 0 Å². The van der Waals surface area contributed by atoms with Crippen molar-refractivity contribution in [3.8, 4) is 11.4 Å². The van der Waals surface area contributed by atoms with Gasteiger partial charge in [-0.1, -0.05) is 12.1 Å². The van der Waals surface area contributed by atoms with Gasteiger partial charge >= 0.3 is 6.09 Å². The number of nitrogens with one attached hydrogen (secondary N) is 2. The Morgan fingerprint density at radius 1 is 1.14 bits per heavy atom. The van der Waals surface area contributed by atoms with Gasteiger partial charge in [0.1, 0.15) is 11.9 Å². The van der Waals surface area contributed by atoms with E-state index in [9.17, 15) is 9.59 Å². The van der Waals surface area contributed by atoms with Crippen LogP contribution < -0.4 is 22.2 Å². The molecule has 1 aliphatic heterocycles. The zero-order valence-corrected chi connectivity index (χ0v) is 25.8. The number of aliphatic imine (C=N–C) groups is 2. The molecule has 0 spiro atoms. The van der Waals surface area contributed by atoms with Gasteiger partial charge in [-0.2, -0.15) is 10.1 Å². The van der Waals surface area contributed by atoms with Crippen molar-refractivity contribution in [1.82, 2.24) is 25.2 Å². The summed E-state index contributed by atoms with van der Waals surface area (Å²) < 4.78 is 5.66. The molecule has 0 fully saturated rings. The van der Waals surface area contributed by atoms with Crippen LogP contribution >= 0.6 is 0 Å². The van der Waals surface area contributed by atoms with Crippen LogP contribution in [0.3, 0.4) is 0 Å². The molecule has 14 nitrogen and oxygen atoms in total. The van der Waals surface area contributed by atoms with Gasteiger partial charge in [-0.15, -0.1) is 0 Å². The fourth-order valence-electron chi connectivity index (χ4n) is 4.10. The van der Waals surface area contributed by atoms with E-state index in [2.05, 4.69) is 40.7 Å². The number of benzene rings is 1. The van der Waals surface area contributed by atoms with Crippen LogP contribution in [0.2, 0.25) is 0 Å². The van der Waals surface area contributed by atoms with E-state index in [0.29, 0.717) is 30.1 Å². The van der Waals surface area contributed by atoms with Gasteiger partial charge in [0.25, 0.3) is 5.91 Å². The average molecular weight is 592 g/mol. The molecule has 1 aliphatic rings. The molecule has 43 heavy (non-hydrogen) atoms. The number of allylic oxidation sites excluding steroid dienone is 1. The van der Waals surface area contributed by atoms with Crippen molar-refractivity contribution in [2.24, 2.45) is 26.7 Å². The molecular weight excluding hydrogens is 550 g/mol. The SMILES string of the molecule is CN=CC(=CN)Nc1ncnc(-c2ccc3c(c2)CN(C(=O)OC(C)(C)C)CCC3NC(=O)C(C=NC(C)(C)C)=NN)n1. The zero-order valence-electron chi connectivity index (χ0n) is 25.8. The molecule has 0 saturated heterocycles. The third-order valence-electron chi connectivity index (χ3n) is 6.00. The molecule has 3 rings (SSSR count). The topological polar surface area (TPSA) is 198 Å². The highest BCUT2D eigenvalue weighted by Crippen LogP contribution is 2.31. The van der Waals surface area contributed by atoms with Gasteiger partial charge < -0.3 is 31.8 Å². The summed E-state index contributed by atoms with van der Waals surface area (Å²) in [6, 6.07) is 5.18. The summed E-state index contributed by atoms with van der Waals surface area (Å²) >= 11 is 0. The maximum Gasteiger partial charge on any atom is 0.410 e. The Morgan fingerprint density at radius 2 is 1.88 bits per heavy atom. The summed E-state index contributed by atoms with van der Waals surface area (Å²) in [4.78, 5) is 49.3. The molecule has 230 valence electrons. The van der Waals surface area contributed by atoms with Gasteiger partial charge in [-0.05, 0) is 65.2 Å². The van der Waals surface area contributed by atoms with Crippen molar-refractivity contribution in [1.29, 1.82) is 0 Å². The van der Waals surface area contributed by atoms with Crippen molar-refractivity contribution in [2.75, 3.05) is 18.9 Å². The number of hydrogen-bond acceptors (Lipinski definition) is 12. The van der Waals surface area contributed by atoms with E-state index in [-0.39, 0.29) is 18.2 Å². The molecule has 1 atom stereocenters. The Labute approximate surface area is 251 Å². The van der Waals surface area contributed by atoms with E-state index in [1.807, 2.05) is 59.7 Å². The second-order valence-corrected chi connectivity index (χ2v) is 11.8. The predicted octanol–water partition coefficient (Wildman–Crippen LogP) is 2.93. The Bertz CT molecular complexity index is 1440. The lowest BCUT2D eigenvalue weighted by molar-refractivity contribution is -0.115. The quantitative estimate of drug-likeness (QED) is 0.212. The van der Waals surface area contributed by atoms with Crippen molar-refractivity contribution in [3.63, 3.8) is 0 Å². The van der Waals surface area contributed by atoms with Crippen LogP contribution in [0.5, 0.6) is 0 Å². The molecule has 2 heterocycles. The first-order chi connectivity index (χ1) is 20.2. The summed E-state index contributed by atoms with van der Waals surface area (Å²) in [5.41, 5.74) is 7.37. The van der Waals surface area contributed by atoms with Gasteiger partial charge in [0.05, 0.1) is 23.5 Å². The highest BCUT2D eigenvalue weighted by atomic mass is 16.6. The van der Waals surface area contributed by atoms with E-state index in [0.717, 1.165) is 11.1 Å². The Kier molecular flexibility index (Phi) is 10.5. The number of rotatable bonds is 7.